The van der Waals surface area contributed by atoms with E-state index in [1.165, 1.54) is 77.0 Å². The number of allylic oxidation sites excluding steroid dienone is 19. The van der Waals surface area contributed by atoms with Gasteiger partial charge in [-0.05, 0) is 103 Å². The van der Waals surface area contributed by atoms with Gasteiger partial charge in [0.05, 0.1) is 25.4 Å². The maximum absolute atomic E-state index is 13.0. The maximum Gasteiger partial charge on any atom is 0.220 e. The SMILES string of the molecule is CC/C=C\C/C=C\C/C=C\C/C=C\C/C=C\C/C=C\C/C=C\CCCCCCCCCCCC(=O)NC(COC1OC(CO)C(O)C(O)C1O)C(O)/C=C/CC/C=C/CC/C=C/CCCCCCCCC. The number of carbonyl (C=O) groups excluding carboxylic acids is 1. The van der Waals surface area contributed by atoms with Crippen LogP contribution in [0.5, 0.6) is 0 Å². The van der Waals surface area contributed by atoms with E-state index >= 15 is 0 Å². The Balaban J connectivity index is 2.26. The third kappa shape index (κ3) is 39.8. The Bertz CT molecular complexity index is 1520. The van der Waals surface area contributed by atoms with Crippen molar-refractivity contribution in [1.29, 1.82) is 0 Å². The molecule has 0 radical (unpaired) electrons. The summed E-state index contributed by atoms with van der Waals surface area (Å²) >= 11 is 0. The van der Waals surface area contributed by atoms with E-state index in [0.29, 0.717) is 6.42 Å². The van der Waals surface area contributed by atoms with Gasteiger partial charge in [0.2, 0.25) is 5.91 Å². The van der Waals surface area contributed by atoms with E-state index in [0.717, 1.165) is 109 Å². The molecule has 0 bridgehead atoms. The molecule has 9 heteroatoms. The van der Waals surface area contributed by atoms with Crippen LogP contribution < -0.4 is 5.32 Å². The topological polar surface area (TPSA) is 149 Å². The third-order valence-corrected chi connectivity index (χ3v) is 12.5. The van der Waals surface area contributed by atoms with Crippen molar-refractivity contribution in [3.63, 3.8) is 0 Å². The minimum atomic E-state index is -1.58. The van der Waals surface area contributed by atoms with E-state index in [9.17, 15) is 30.3 Å². The predicted octanol–water partition coefficient (Wildman–Crippen LogP) is 14.0. The number of aliphatic hydroxyl groups is 5. The lowest BCUT2D eigenvalue weighted by Crippen LogP contribution is -2.60. The number of nitrogens with one attached hydrogen (secondary N) is 1. The molecule has 1 fully saturated rings. The van der Waals surface area contributed by atoms with E-state index in [1.54, 1.807) is 6.08 Å². The summed E-state index contributed by atoms with van der Waals surface area (Å²) in [5.41, 5.74) is 0. The number of carbonyl (C=O) groups is 1. The molecule has 0 aromatic carbocycles. The van der Waals surface area contributed by atoms with Crippen LogP contribution >= 0.6 is 0 Å². The largest absolute Gasteiger partial charge is 0.394 e. The number of unbranched alkanes of at least 4 members (excludes halogenated alkanes) is 18. The average Bonchev–Trinajstić information content (AvgIpc) is 3.37. The normalized spacial score (nSPS) is 20.2. The molecule has 1 saturated heterocycles. The van der Waals surface area contributed by atoms with Gasteiger partial charge in [0.15, 0.2) is 6.29 Å². The molecule has 0 saturated carbocycles. The Morgan fingerprint density at radius 2 is 0.887 bits per heavy atom. The number of hydrogen-bond donors (Lipinski definition) is 6. The predicted molar refractivity (Wildman–Crippen MR) is 299 cm³/mol. The summed E-state index contributed by atoms with van der Waals surface area (Å²) in [5, 5.41) is 54.4. The van der Waals surface area contributed by atoms with Gasteiger partial charge in [-0.2, -0.15) is 0 Å². The van der Waals surface area contributed by atoms with E-state index in [-0.39, 0.29) is 12.5 Å². The van der Waals surface area contributed by atoms with E-state index in [4.69, 9.17) is 9.47 Å². The second-order valence-electron chi connectivity index (χ2n) is 19.0. The Morgan fingerprint density at radius 1 is 0.493 bits per heavy atom. The van der Waals surface area contributed by atoms with Crippen molar-refractivity contribution < 1.29 is 39.8 Å². The molecule has 0 spiro atoms. The fourth-order valence-electron chi connectivity index (χ4n) is 8.05. The lowest BCUT2D eigenvalue weighted by atomic mass is 9.99. The van der Waals surface area contributed by atoms with Gasteiger partial charge in [-0.3, -0.25) is 4.79 Å². The molecule has 1 rings (SSSR count). The summed E-state index contributed by atoms with van der Waals surface area (Å²) in [7, 11) is 0. The highest BCUT2D eigenvalue weighted by Crippen LogP contribution is 2.22. The minimum Gasteiger partial charge on any atom is -0.394 e. The van der Waals surface area contributed by atoms with Gasteiger partial charge in [0.25, 0.3) is 0 Å². The monoisotopic (exact) mass is 990 g/mol. The van der Waals surface area contributed by atoms with Crippen molar-refractivity contribution in [3.05, 3.63) is 122 Å². The third-order valence-electron chi connectivity index (χ3n) is 12.5. The minimum absolute atomic E-state index is 0.203. The second-order valence-corrected chi connectivity index (χ2v) is 19.0. The molecule has 1 heterocycles. The second kappa shape index (κ2) is 50.1. The van der Waals surface area contributed by atoms with Gasteiger partial charge in [-0.15, -0.1) is 0 Å². The van der Waals surface area contributed by atoms with Crippen LogP contribution in [0.25, 0.3) is 0 Å². The molecule has 404 valence electrons. The molecule has 71 heavy (non-hydrogen) atoms. The van der Waals surface area contributed by atoms with E-state index < -0.39 is 49.5 Å². The lowest BCUT2D eigenvalue weighted by Gasteiger charge is -2.40. The quantitative estimate of drug-likeness (QED) is 0.0261. The highest BCUT2D eigenvalue weighted by atomic mass is 16.7. The Morgan fingerprint density at radius 3 is 1.35 bits per heavy atom. The smallest absolute Gasteiger partial charge is 0.220 e. The molecule has 0 aliphatic carbocycles. The van der Waals surface area contributed by atoms with Crippen molar-refractivity contribution in [2.45, 2.75) is 249 Å². The molecule has 7 atom stereocenters. The first-order valence-electron chi connectivity index (χ1n) is 28.3. The van der Waals surface area contributed by atoms with Crippen molar-refractivity contribution in [2.75, 3.05) is 13.2 Å². The van der Waals surface area contributed by atoms with Gasteiger partial charge < -0.3 is 40.3 Å². The van der Waals surface area contributed by atoms with E-state index in [2.05, 4.69) is 129 Å². The Hall–Kier alpha value is -3.41. The molecule has 1 amide bonds. The molecule has 1 aliphatic heterocycles. The van der Waals surface area contributed by atoms with Gasteiger partial charge in [0.1, 0.15) is 24.4 Å². The molecule has 9 nitrogen and oxygen atoms in total. The number of hydrogen-bond acceptors (Lipinski definition) is 8. The standard InChI is InChI=1S/C62H103NO8/c1-3-5-7-9-11-13-15-17-19-21-22-23-24-25-26-27-28-29-30-31-32-33-34-36-38-40-42-44-46-48-50-52-58(66)63-55(54-70-62-61(69)60(68)59(67)57(53-64)71-62)56(65)51-49-47-45-43-41-39-37-35-20-18-16-14-12-10-8-6-4-2/h5,7,11,13,17,19-20,22-23,25-26,28-29,31-32,35,41,43,49,51,55-57,59-62,64-65,67-69H,3-4,6,8-10,12,14-16,18,21,24,27,30,33-34,36-40,42,44-48,50,52-54H2,1-2H3,(H,63,66)/b7-5-,13-11-,19-17-,23-22-,26-25-,29-28-,32-31-,35-20+,43-41+,51-49+. The summed E-state index contributed by atoms with van der Waals surface area (Å²) < 4.78 is 11.2. The molecular formula is C62H103NO8. The molecule has 0 aromatic rings. The fraction of sp³-hybridized carbons (Fsp3) is 0.661. The molecule has 7 unspecified atom stereocenters. The number of rotatable bonds is 46. The molecule has 1 aliphatic rings. The van der Waals surface area contributed by atoms with Crippen LogP contribution in [0.3, 0.4) is 0 Å². The fourth-order valence-corrected chi connectivity index (χ4v) is 8.05. The van der Waals surface area contributed by atoms with Crippen LogP contribution in [-0.2, 0) is 14.3 Å². The summed E-state index contributed by atoms with van der Waals surface area (Å²) in [6, 6.07) is -0.840. The summed E-state index contributed by atoms with van der Waals surface area (Å²) in [5.74, 6) is -0.203. The number of amides is 1. The Labute approximate surface area is 433 Å². The van der Waals surface area contributed by atoms with Crippen molar-refractivity contribution in [1.82, 2.24) is 5.32 Å². The first-order valence-corrected chi connectivity index (χ1v) is 28.3. The molecular weight excluding hydrogens is 887 g/mol. The zero-order valence-corrected chi connectivity index (χ0v) is 44.7. The Kier molecular flexibility index (Phi) is 46.3. The van der Waals surface area contributed by atoms with Crippen molar-refractivity contribution in [2.24, 2.45) is 0 Å². The van der Waals surface area contributed by atoms with Gasteiger partial charge in [-0.25, -0.2) is 0 Å². The van der Waals surface area contributed by atoms with Gasteiger partial charge in [0, 0.05) is 6.42 Å². The van der Waals surface area contributed by atoms with Gasteiger partial charge >= 0.3 is 0 Å². The highest BCUT2D eigenvalue weighted by Gasteiger charge is 2.44. The van der Waals surface area contributed by atoms with Gasteiger partial charge in [-0.1, -0.05) is 219 Å². The zero-order chi connectivity index (χ0) is 51.5. The average molecular weight is 991 g/mol. The van der Waals surface area contributed by atoms with Crippen molar-refractivity contribution >= 4 is 5.91 Å². The summed E-state index contributed by atoms with van der Waals surface area (Å²) in [6.45, 7) is 3.62. The van der Waals surface area contributed by atoms with Crippen molar-refractivity contribution in [3.8, 4) is 0 Å². The lowest BCUT2D eigenvalue weighted by molar-refractivity contribution is -0.302. The van der Waals surface area contributed by atoms with E-state index in [1.807, 2.05) is 6.08 Å². The van der Waals surface area contributed by atoms with Crippen LogP contribution in [0.15, 0.2) is 122 Å². The summed E-state index contributed by atoms with van der Waals surface area (Å²) in [6.07, 6.45) is 68.2. The summed E-state index contributed by atoms with van der Waals surface area (Å²) in [4.78, 5) is 13.0. The first-order chi connectivity index (χ1) is 34.8. The number of aliphatic hydroxyl groups excluding tert-OH is 5. The highest BCUT2D eigenvalue weighted by molar-refractivity contribution is 5.76. The van der Waals surface area contributed by atoms with Crippen LogP contribution in [-0.4, -0.2) is 87.5 Å². The maximum atomic E-state index is 13.0. The van der Waals surface area contributed by atoms with Crippen LogP contribution in [0.1, 0.15) is 206 Å². The van der Waals surface area contributed by atoms with Crippen LogP contribution in [0.4, 0.5) is 0 Å². The molecule has 0 aromatic heterocycles. The number of ether oxygens (including phenoxy) is 2. The molecule has 6 N–H and O–H groups in total. The van der Waals surface area contributed by atoms with Crippen LogP contribution in [0.2, 0.25) is 0 Å². The van der Waals surface area contributed by atoms with Crippen LogP contribution in [0, 0.1) is 0 Å². The first kappa shape index (κ1) is 65.6. The zero-order valence-electron chi connectivity index (χ0n) is 44.7.